The van der Waals surface area contributed by atoms with Crippen LogP contribution < -0.4 is 20.3 Å². The number of unbranched alkanes of at least 4 members (excludes halogenated alkanes) is 1. The van der Waals surface area contributed by atoms with Crippen LogP contribution in [0.4, 0.5) is 0 Å². The molecule has 5 rings (SSSR count). The summed E-state index contributed by atoms with van der Waals surface area (Å²) >= 11 is 0. The van der Waals surface area contributed by atoms with E-state index in [2.05, 4.69) is 55.1 Å². The predicted molar refractivity (Wildman–Crippen MR) is 201 cm³/mol. The van der Waals surface area contributed by atoms with Gasteiger partial charge in [-0.3, -0.25) is 4.79 Å². The highest BCUT2D eigenvalue weighted by atomic mass is 28.4. The molecule has 1 saturated heterocycles. The van der Waals surface area contributed by atoms with Gasteiger partial charge in [-0.1, -0.05) is 75.4 Å². The molecule has 1 aliphatic rings. The molecule has 3 aromatic carbocycles. The van der Waals surface area contributed by atoms with Gasteiger partial charge in [-0.2, -0.15) is 0 Å². The van der Waals surface area contributed by atoms with Crippen molar-refractivity contribution < 1.29 is 19.0 Å². The number of piperidine rings is 1. The molecular weight excluding hydrogens is 631 g/mol. The molecule has 8 nitrogen and oxygen atoms in total. The zero-order chi connectivity index (χ0) is 34.9. The highest BCUT2D eigenvalue weighted by molar-refractivity contribution is 6.74. The number of para-hydroxylation sites is 1. The van der Waals surface area contributed by atoms with E-state index < -0.39 is 13.9 Å². The monoisotopic (exact) mass is 685 g/mol. The van der Waals surface area contributed by atoms with E-state index >= 15 is 0 Å². The molecule has 49 heavy (non-hydrogen) atoms. The van der Waals surface area contributed by atoms with Gasteiger partial charge in [-0.25, -0.2) is 0 Å². The number of nitrogens with zero attached hydrogens (tertiary/aromatic N) is 1. The maximum Gasteiger partial charge on any atom is 0.248 e. The van der Waals surface area contributed by atoms with E-state index in [-0.39, 0.29) is 16.7 Å². The largest absolute Gasteiger partial charge is 0.494 e. The molecule has 0 radical (unpaired) electrons. The third-order valence-electron chi connectivity index (χ3n) is 10.2. The molecule has 0 bridgehead atoms. The summed E-state index contributed by atoms with van der Waals surface area (Å²) in [5.41, 5.74) is 1.77. The first-order valence-electron chi connectivity index (χ1n) is 17.8. The van der Waals surface area contributed by atoms with Crippen molar-refractivity contribution >= 4 is 19.2 Å². The number of hydrogen-bond donors (Lipinski definition) is 3. The topological polar surface area (TPSA) is 96.0 Å². The molecule has 3 N–H and O–H groups in total. The van der Waals surface area contributed by atoms with Crippen molar-refractivity contribution in [3.63, 3.8) is 0 Å². The molecular formula is C40H55N3O5Si. The number of nitrogens with one attached hydrogen (secondary N) is 2. The molecule has 4 aromatic rings. The Balaban J connectivity index is 1.22. The number of aromatic amines is 1. The maximum absolute atomic E-state index is 12.5. The number of rotatable bonds is 16. The van der Waals surface area contributed by atoms with Gasteiger partial charge in [0.25, 0.3) is 0 Å². The lowest BCUT2D eigenvalue weighted by atomic mass is 9.91. The van der Waals surface area contributed by atoms with Crippen molar-refractivity contribution in [1.82, 2.24) is 15.2 Å². The first-order chi connectivity index (χ1) is 23.4. The molecule has 0 saturated carbocycles. The van der Waals surface area contributed by atoms with Gasteiger partial charge in [0.2, 0.25) is 5.56 Å². The zero-order valence-electron chi connectivity index (χ0n) is 30.0. The molecule has 264 valence electrons. The number of pyridine rings is 1. The van der Waals surface area contributed by atoms with Crippen LogP contribution in [0.2, 0.25) is 18.1 Å². The summed E-state index contributed by atoms with van der Waals surface area (Å²) in [6, 6.07) is 27.4. The Hall–Kier alpha value is -3.47. The van der Waals surface area contributed by atoms with Crippen LogP contribution in [0.15, 0.2) is 89.7 Å². The first kappa shape index (κ1) is 36.8. The molecule has 1 aliphatic heterocycles. The van der Waals surface area contributed by atoms with Crippen molar-refractivity contribution in [2.75, 3.05) is 39.3 Å². The fourth-order valence-electron chi connectivity index (χ4n) is 6.08. The average molecular weight is 686 g/mol. The van der Waals surface area contributed by atoms with E-state index in [1.165, 1.54) is 0 Å². The third-order valence-corrected chi connectivity index (χ3v) is 14.7. The van der Waals surface area contributed by atoms with Crippen LogP contribution in [0, 0.1) is 0 Å². The number of fused-ring (bicyclic) bond motifs is 1. The number of ether oxygens (including phenoxy) is 2. The molecule has 9 heteroatoms. The van der Waals surface area contributed by atoms with Crippen molar-refractivity contribution in [1.29, 1.82) is 0 Å². The number of hydrogen-bond acceptors (Lipinski definition) is 7. The van der Waals surface area contributed by atoms with Crippen molar-refractivity contribution in [2.45, 2.75) is 82.9 Å². The quantitative estimate of drug-likeness (QED) is 0.0834. The highest BCUT2D eigenvalue weighted by Gasteiger charge is 2.40. The maximum atomic E-state index is 12.5. The van der Waals surface area contributed by atoms with E-state index in [4.69, 9.17) is 13.9 Å². The predicted octanol–water partition coefficient (Wildman–Crippen LogP) is 7.45. The van der Waals surface area contributed by atoms with Gasteiger partial charge in [-0.05, 0) is 85.8 Å². The van der Waals surface area contributed by atoms with Gasteiger partial charge in [0.1, 0.15) is 18.1 Å². The molecule has 0 aliphatic carbocycles. The Morgan fingerprint density at radius 3 is 2.31 bits per heavy atom. The van der Waals surface area contributed by atoms with Crippen LogP contribution in [0.1, 0.15) is 63.7 Å². The normalized spacial score (nSPS) is 16.0. The summed E-state index contributed by atoms with van der Waals surface area (Å²) in [5.74, 6) is 1.55. The lowest BCUT2D eigenvalue weighted by Gasteiger charge is -2.41. The number of benzene rings is 3. The van der Waals surface area contributed by atoms with Gasteiger partial charge >= 0.3 is 0 Å². The van der Waals surface area contributed by atoms with Crippen LogP contribution in [0.5, 0.6) is 11.5 Å². The van der Waals surface area contributed by atoms with Gasteiger partial charge < -0.3 is 34.2 Å². The Labute approximate surface area is 292 Å². The van der Waals surface area contributed by atoms with Crippen molar-refractivity contribution in [3.05, 3.63) is 106 Å². The number of aliphatic hydroxyl groups is 1. The van der Waals surface area contributed by atoms with Gasteiger partial charge in [-0.15, -0.1) is 0 Å². The zero-order valence-corrected chi connectivity index (χ0v) is 31.0. The van der Waals surface area contributed by atoms with E-state index in [1.54, 1.807) is 6.07 Å². The van der Waals surface area contributed by atoms with E-state index in [0.717, 1.165) is 74.2 Å². The van der Waals surface area contributed by atoms with Gasteiger partial charge in [0.05, 0.1) is 23.8 Å². The first-order valence-corrected chi connectivity index (χ1v) is 20.7. The molecule has 1 aromatic heterocycles. The summed E-state index contributed by atoms with van der Waals surface area (Å²) in [5, 5.41) is 16.1. The molecule has 1 atom stereocenters. The standard InChI is InChI=1S/C40H55N3O5Si/c1-39(2,3)49(4,5)48-36(33-18-20-35(38-34(33)19-21-37(44)42-38)47-29-31-14-8-6-9-15-31)28-41-30-40(45)22-25-43(26-23-40)24-12-13-27-46-32-16-10-7-11-17-32/h6-11,14-21,36,41,45H,12-13,22-30H2,1-5H3,(H,42,44)/t36-/m0/s1. The number of likely N-dealkylation sites (tertiary alicyclic amines) is 1. The van der Waals surface area contributed by atoms with Crippen LogP contribution in [0.25, 0.3) is 10.9 Å². The Kier molecular flexibility index (Phi) is 12.4. The van der Waals surface area contributed by atoms with Gasteiger partial charge in [0.15, 0.2) is 8.32 Å². The van der Waals surface area contributed by atoms with Crippen LogP contribution in [-0.4, -0.2) is 68.2 Å². The SMILES string of the molecule is CC(C)(C)[Si](C)(C)O[C@@H](CNCC1(O)CCN(CCCCOc2ccccc2)CC1)c1ccc(OCc2ccccc2)c2[nH]c(=O)ccc12. The summed E-state index contributed by atoms with van der Waals surface area (Å²) in [6.45, 7) is 16.2. The summed E-state index contributed by atoms with van der Waals surface area (Å²) in [4.78, 5) is 18.0. The summed E-state index contributed by atoms with van der Waals surface area (Å²) in [7, 11) is -2.20. The minimum Gasteiger partial charge on any atom is -0.494 e. The summed E-state index contributed by atoms with van der Waals surface area (Å²) in [6.07, 6.45) is 3.26. The minimum absolute atomic E-state index is 0.00675. The lowest BCUT2D eigenvalue weighted by Crippen LogP contribution is -2.51. The number of H-pyrrole nitrogens is 1. The molecule has 0 amide bonds. The number of aromatic nitrogens is 1. The average Bonchev–Trinajstić information content (AvgIpc) is 3.08. The summed E-state index contributed by atoms with van der Waals surface area (Å²) < 4.78 is 19.1. The Bertz CT molecular complexity index is 1660. The van der Waals surface area contributed by atoms with E-state index in [9.17, 15) is 9.90 Å². The molecule has 2 heterocycles. The molecule has 1 fully saturated rings. The smallest absolute Gasteiger partial charge is 0.248 e. The fraction of sp³-hybridized carbons (Fsp3) is 0.475. The lowest BCUT2D eigenvalue weighted by molar-refractivity contribution is -0.0215. The van der Waals surface area contributed by atoms with Gasteiger partial charge in [0, 0.05) is 37.6 Å². The molecule has 0 spiro atoms. The van der Waals surface area contributed by atoms with E-state index in [1.807, 2.05) is 72.8 Å². The van der Waals surface area contributed by atoms with Crippen LogP contribution in [0.3, 0.4) is 0 Å². The minimum atomic E-state index is -2.20. The van der Waals surface area contributed by atoms with Crippen LogP contribution >= 0.6 is 0 Å². The Morgan fingerprint density at radius 2 is 1.61 bits per heavy atom. The second-order valence-corrected chi connectivity index (χ2v) is 19.7. The Morgan fingerprint density at radius 1 is 0.918 bits per heavy atom. The van der Waals surface area contributed by atoms with Crippen molar-refractivity contribution in [2.24, 2.45) is 0 Å². The van der Waals surface area contributed by atoms with Crippen LogP contribution in [-0.2, 0) is 11.0 Å². The highest BCUT2D eigenvalue weighted by Crippen LogP contribution is 2.41. The van der Waals surface area contributed by atoms with E-state index in [0.29, 0.717) is 31.0 Å². The fourth-order valence-corrected chi connectivity index (χ4v) is 7.36. The second-order valence-electron chi connectivity index (χ2n) is 15.0. The van der Waals surface area contributed by atoms with Crippen molar-refractivity contribution in [3.8, 4) is 11.5 Å². The molecule has 0 unspecified atom stereocenters. The second kappa shape index (κ2) is 16.5. The third kappa shape index (κ3) is 10.3.